The van der Waals surface area contributed by atoms with Gasteiger partial charge >= 0.3 is 0 Å². The van der Waals surface area contributed by atoms with Gasteiger partial charge in [-0.15, -0.1) is 0 Å². The van der Waals surface area contributed by atoms with Crippen molar-refractivity contribution in [1.82, 2.24) is 0 Å². The number of nitro benzene ring substituents is 1. The van der Waals surface area contributed by atoms with E-state index in [-0.39, 0.29) is 16.2 Å². The molecule has 0 N–H and O–H groups in total. The van der Waals surface area contributed by atoms with E-state index >= 15 is 0 Å². The lowest BCUT2D eigenvalue weighted by Crippen LogP contribution is -2.27. The van der Waals surface area contributed by atoms with Crippen LogP contribution in [0.4, 0.5) is 5.69 Å². The summed E-state index contributed by atoms with van der Waals surface area (Å²) >= 11 is 0. The largest absolute Gasteiger partial charge is 0.483 e. The number of benzene rings is 1. The molecular formula is C12H13NO3. The second-order valence-electron chi connectivity index (χ2n) is 4.42. The molecule has 0 aliphatic carbocycles. The minimum absolute atomic E-state index is 0.131. The van der Waals surface area contributed by atoms with E-state index in [1.165, 1.54) is 6.07 Å². The molecule has 0 amide bonds. The minimum Gasteiger partial charge on any atom is -0.483 e. The molecule has 0 unspecified atom stereocenters. The molecule has 0 aromatic heterocycles. The zero-order valence-electron chi connectivity index (χ0n) is 9.48. The molecule has 4 heteroatoms. The van der Waals surface area contributed by atoms with Crippen molar-refractivity contribution in [3.8, 4) is 5.75 Å². The van der Waals surface area contributed by atoms with Crippen LogP contribution in [0.5, 0.6) is 5.75 Å². The fourth-order valence-corrected chi connectivity index (χ4v) is 1.79. The number of nitro groups is 1. The highest BCUT2D eigenvalue weighted by Crippen LogP contribution is 2.36. The Bertz CT molecular complexity index is 489. The molecule has 0 bridgehead atoms. The summed E-state index contributed by atoms with van der Waals surface area (Å²) in [6.45, 7) is 5.63. The molecule has 84 valence electrons. The van der Waals surface area contributed by atoms with Crippen LogP contribution in [0.15, 0.2) is 18.2 Å². The quantitative estimate of drug-likeness (QED) is 0.538. The predicted octanol–water partition coefficient (Wildman–Crippen LogP) is 3.09. The molecule has 0 radical (unpaired) electrons. The summed E-state index contributed by atoms with van der Waals surface area (Å²) in [5.74, 6) is 0.704. The molecule has 16 heavy (non-hydrogen) atoms. The summed E-state index contributed by atoms with van der Waals surface area (Å²) in [6, 6.07) is 3.15. The van der Waals surface area contributed by atoms with Gasteiger partial charge in [-0.2, -0.15) is 0 Å². The second kappa shape index (κ2) is 3.33. The maximum Gasteiger partial charge on any atom is 0.273 e. The Morgan fingerprint density at radius 2 is 2.06 bits per heavy atom. The van der Waals surface area contributed by atoms with Crippen molar-refractivity contribution in [3.63, 3.8) is 0 Å². The highest BCUT2D eigenvalue weighted by Gasteiger charge is 2.25. The lowest BCUT2D eigenvalue weighted by molar-refractivity contribution is -0.385. The molecule has 1 aromatic carbocycles. The molecule has 0 fully saturated rings. The summed E-state index contributed by atoms with van der Waals surface area (Å²) in [4.78, 5) is 10.4. The number of fused-ring (bicyclic) bond motifs is 1. The SMILES string of the molecule is Cc1c([N+](=O)[O-])ccc2c1C=CC(C)(C)O2. The van der Waals surface area contributed by atoms with Crippen LogP contribution in [0, 0.1) is 17.0 Å². The Morgan fingerprint density at radius 3 is 2.69 bits per heavy atom. The first-order chi connectivity index (χ1) is 7.41. The van der Waals surface area contributed by atoms with Gasteiger partial charge in [0.15, 0.2) is 0 Å². The van der Waals surface area contributed by atoms with Crippen molar-refractivity contribution >= 4 is 11.8 Å². The van der Waals surface area contributed by atoms with Crippen molar-refractivity contribution in [1.29, 1.82) is 0 Å². The average Bonchev–Trinajstić information content (AvgIpc) is 2.15. The molecule has 1 aliphatic rings. The fraction of sp³-hybridized carbons (Fsp3) is 0.333. The van der Waals surface area contributed by atoms with Crippen LogP contribution in [-0.2, 0) is 0 Å². The van der Waals surface area contributed by atoms with Crippen molar-refractivity contribution in [2.45, 2.75) is 26.4 Å². The molecule has 1 heterocycles. The van der Waals surface area contributed by atoms with E-state index in [4.69, 9.17) is 4.74 Å². The van der Waals surface area contributed by atoms with Crippen LogP contribution < -0.4 is 4.74 Å². The van der Waals surface area contributed by atoms with Crippen LogP contribution in [0.1, 0.15) is 25.0 Å². The first-order valence-electron chi connectivity index (χ1n) is 5.07. The molecule has 1 aliphatic heterocycles. The molecular weight excluding hydrogens is 206 g/mol. The van der Waals surface area contributed by atoms with Gasteiger partial charge in [0.05, 0.1) is 4.92 Å². The van der Waals surface area contributed by atoms with E-state index in [2.05, 4.69) is 0 Å². The Labute approximate surface area is 93.7 Å². The topological polar surface area (TPSA) is 52.4 Å². The number of rotatable bonds is 1. The summed E-state index contributed by atoms with van der Waals surface area (Å²) in [6.07, 6.45) is 3.80. The maximum absolute atomic E-state index is 10.8. The van der Waals surface area contributed by atoms with Gasteiger partial charge in [-0.1, -0.05) is 6.08 Å². The summed E-state index contributed by atoms with van der Waals surface area (Å²) in [7, 11) is 0. The lowest BCUT2D eigenvalue weighted by Gasteiger charge is -2.28. The van der Waals surface area contributed by atoms with Crippen molar-refractivity contribution in [2.24, 2.45) is 0 Å². The third-order valence-electron chi connectivity index (χ3n) is 2.67. The van der Waals surface area contributed by atoms with Gasteiger partial charge in [0.25, 0.3) is 5.69 Å². The zero-order chi connectivity index (χ0) is 11.9. The molecule has 2 rings (SSSR count). The first kappa shape index (κ1) is 10.7. The van der Waals surface area contributed by atoms with Crippen LogP contribution in [-0.4, -0.2) is 10.5 Å². The van der Waals surface area contributed by atoms with Crippen molar-refractivity contribution in [3.05, 3.63) is 39.4 Å². The summed E-state index contributed by atoms with van der Waals surface area (Å²) < 4.78 is 5.73. The number of hydrogen-bond donors (Lipinski definition) is 0. The Hall–Kier alpha value is -1.84. The highest BCUT2D eigenvalue weighted by atomic mass is 16.6. The van der Waals surface area contributed by atoms with E-state index < -0.39 is 0 Å². The molecule has 0 atom stereocenters. The molecule has 0 saturated heterocycles. The summed E-state index contributed by atoms with van der Waals surface area (Å²) in [5, 5.41) is 10.8. The van der Waals surface area contributed by atoms with Gasteiger partial charge in [0, 0.05) is 17.2 Å². The lowest BCUT2D eigenvalue weighted by atomic mass is 9.98. The maximum atomic E-state index is 10.8. The van der Waals surface area contributed by atoms with Crippen LogP contribution >= 0.6 is 0 Å². The third kappa shape index (κ3) is 1.66. The Morgan fingerprint density at radius 1 is 1.38 bits per heavy atom. The predicted molar refractivity (Wildman–Crippen MR) is 61.6 cm³/mol. The molecule has 0 spiro atoms. The van der Waals surface area contributed by atoms with Gasteiger partial charge in [-0.25, -0.2) is 0 Å². The standard InChI is InChI=1S/C12H13NO3/c1-8-9-6-7-12(2,3)16-11(9)5-4-10(8)13(14)15/h4-7H,1-3H3. The normalized spacial score (nSPS) is 16.4. The third-order valence-corrected chi connectivity index (χ3v) is 2.67. The van der Waals surface area contributed by atoms with E-state index in [9.17, 15) is 10.1 Å². The minimum atomic E-state index is -0.372. The van der Waals surface area contributed by atoms with Gasteiger partial charge in [-0.05, 0) is 32.9 Å². The van der Waals surface area contributed by atoms with Crippen molar-refractivity contribution in [2.75, 3.05) is 0 Å². The van der Waals surface area contributed by atoms with Crippen LogP contribution in [0.2, 0.25) is 0 Å². The van der Waals surface area contributed by atoms with Crippen LogP contribution in [0.25, 0.3) is 6.08 Å². The van der Waals surface area contributed by atoms with E-state index in [1.54, 1.807) is 13.0 Å². The molecule has 0 saturated carbocycles. The fourth-order valence-electron chi connectivity index (χ4n) is 1.79. The molecule has 4 nitrogen and oxygen atoms in total. The van der Waals surface area contributed by atoms with E-state index in [0.29, 0.717) is 11.3 Å². The van der Waals surface area contributed by atoms with Gasteiger partial charge < -0.3 is 4.74 Å². The zero-order valence-corrected chi connectivity index (χ0v) is 9.48. The summed E-state index contributed by atoms with van der Waals surface area (Å²) in [5.41, 5.74) is 1.23. The van der Waals surface area contributed by atoms with Gasteiger partial charge in [0.1, 0.15) is 11.4 Å². The highest BCUT2D eigenvalue weighted by molar-refractivity contribution is 5.68. The molecule has 1 aromatic rings. The van der Waals surface area contributed by atoms with E-state index in [0.717, 1.165) is 5.56 Å². The monoisotopic (exact) mass is 219 g/mol. The number of ether oxygens (including phenoxy) is 1. The second-order valence-corrected chi connectivity index (χ2v) is 4.42. The Kier molecular flexibility index (Phi) is 2.22. The number of hydrogen-bond acceptors (Lipinski definition) is 3. The van der Waals surface area contributed by atoms with Gasteiger partial charge in [-0.3, -0.25) is 10.1 Å². The Balaban J connectivity index is 2.57. The first-order valence-corrected chi connectivity index (χ1v) is 5.07. The van der Waals surface area contributed by atoms with Crippen LogP contribution in [0.3, 0.4) is 0 Å². The smallest absolute Gasteiger partial charge is 0.273 e. The number of nitrogens with zero attached hydrogens (tertiary/aromatic N) is 1. The van der Waals surface area contributed by atoms with Gasteiger partial charge in [0.2, 0.25) is 0 Å². The van der Waals surface area contributed by atoms with E-state index in [1.807, 2.05) is 26.0 Å². The van der Waals surface area contributed by atoms with Crippen molar-refractivity contribution < 1.29 is 9.66 Å². The average molecular weight is 219 g/mol.